The standard InChI is InChI=1S/C14H19N3/c1-14(2,3)13(17-15)12-9-8-10-6-4-5-7-11(10)16-12/h4-9,13,17H,15H2,1-3H3. The van der Waals surface area contributed by atoms with Crippen LogP contribution in [0.15, 0.2) is 36.4 Å². The Morgan fingerprint density at radius 3 is 2.47 bits per heavy atom. The van der Waals surface area contributed by atoms with E-state index in [4.69, 9.17) is 5.84 Å². The molecule has 0 spiro atoms. The molecule has 1 heterocycles. The molecule has 1 aromatic heterocycles. The molecule has 1 unspecified atom stereocenters. The van der Waals surface area contributed by atoms with Crippen LogP contribution in [0.1, 0.15) is 32.5 Å². The van der Waals surface area contributed by atoms with Crippen molar-refractivity contribution in [3.8, 4) is 0 Å². The largest absolute Gasteiger partial charge is 0.271 e. The molecule has 0 fully saturated rings. The van der Waals surface area contributed by atoms with Crippen LogP contribution < -0.4 is 11.3 Å². The molecule has 0 saturated heterocycles. The zero-order valence-corrected chi connectivity index (χ0v) is 10.6. The van der Waals surface area contributed by atoms with Gasteiger partial charge in [-0.25, -0.2) is 0 Å². The zero-order valence-electron chi connectivity index (χ0n) is 10.6. The number of hydrogen-bond acceptors (Lipinski definition) is 3. The second-order valence-corrected chi connectivity index (χ2v) is 5.39. The van der Waals surface area contributed by atoms with Gasteiger partial charge in [0.05, 0.1) is 17.3 Å². The summed E-state index contributed by atoms with van der Waals surface area (Å²) in [6.07, 6.45) is 0. The molecule has 0 bridgehead atoms. The van der Waals surface area contributed by atoms with Crippen molar-refractivity contribution < 1.29 is 0 Å². The molecule has 0 aliphatic rings. The molecule has 0 saturated carbocycles. The first kappa shape index (κ1) is 12.0. The summed E-state index contributed by atoms with van der Waals surface area (Å²) < 4.78 is 0. The lowest BCUT2D eigenvalue weighted by molar-refractivity contribution is 0.271. The molecule has 3 nitrogen and oxygen atoms in total. The maximum absolute atomic E-state index is 5.65. The maximum Gasteiger partial charge on any atom is 0.0706 e. The number of fused-ring (bicyclic) bond motifs is 1. The summed E-state index contributed by atoms with van der Waals surface area (Å²) in [4.78, 5) is 4.67. The summed E-state index contributed by atoms with van der Waals surface area (Å²) in [6, 6.07) is 12.3. The summed E-state index contributed by atoms with van der Waals surface area (Å²) in [6.45, 7) is 6.44. The number of hydrazine groups is 1. The van der Waals surface area contributed by atoms with Crippen molar-refractivity contribution in [2.75, 3.05) is 0 Å². The van der Waals surface area contributed by atoms with E-state index in [1.54, 1.807) is 0 Å². The third kappa shape index (κ3) is 2.46. The zero-order chi connectivity index (χ0) is 12.5. The van der Waals surface area contributed by atoms with Gasteiger partial charge in [0.2, 0.25) is 0 Å². The third-order valence-electron chi connectivity index (χ3n) is 2.95. The van der Waals surface area contributed by atoms with Crippen LogP contribution in [-0.2, 0) is 0 Å². The minimum Gasteiger partial charge on any atom is -0.271 e. The van der Waals surface area contributed by atoms with Crippen molar-refractivity contribution in [1.82, 2.24) is 10.4 Å². The Morgan fingerprint density at radius 1 is 1.12 bits per heavy atom. The summed E-state index contributed by atoms with van der Waals surface area (Å²) in [7, 11) is 0. The summed E-state index contributed by atoms with van der Waals surface area (Å²) in [5, 5.41) is 1.15. The lowest BCUT2D eigenvalue weighted by atomic mass is 9.85. The number of nitrogens with one attached hydrogen (secondary N) is 1. The molecule has 0 aliphatic carbocycles. The van der Waals surface area contributed by atoms with E-state index >= 15 is 0 Å². The number of pyridine rings is 1. The molecular formula is C14H19N3. The number of benzene rings is 1. The van der Waals surface area contributed by atoms with E-state index < -0.39 is 0 Å². The smallest absolute Gasteiger partial charge is 0.0706 e. The fraction of sp³-hybridized carbons (Fsp3) is 0.357. The highest BCUT2D eigenvalue weighted by molar-refractivity contribution is 5.78. The van der Waals surface area contributed by atoms with Crippen molar-refractivity contribution >= 4 is 10.9 Å². The topological polar surface area (TPSA) is 50.9 Å². The Morgan fingerprint density at radius 2 is 1.82 bits per heavy atom. The monoisotopic (exact) mass is 229 g/mol. The number of nitrogens with two attached hydrogens (primary N) is 1. The SMILES string of the molecule is CC(C)(C)C(NN)c1ccc2ccccc2n1. The third-order valence-corrected chi connectivity index (χ3v) is 2.95. The molecule has 2 rings (SSSR count). The Labute approximate surface area is 102 Å². The molecule has 1 aromatic carbocycles. The summed E-state index contributed by atoms with van der Waals surface area (Å²) >= 11 is 0. The highest BCUT2D eigenvalue weighted by Crippen LogP contribution is 2.31. The van der Waals surface area contributed by atoms with E-state index in [9.17, 15) is 0 Å². The van der Waals surface area contributed by atoms with E-state index in [1.165, 1.54) is 0 Å². The van der Waals surface area contributed by atoms with Gasteiger partial charge in [0.15, 0.2) is 0 Å². The minimum absolute atomic E-state index is 0.0320. The van der Waals surface area contributed by atoms with Crippen LogP contribution in [0.4, 0.5) is 0 Å². The van der Waals surface area contributed by atoms with Crippen molar-refractivity contribution in [3.05, 3.63) is 42.1 Å². The van der Waals surface area contributed by atoms with Gasteiger partial charge in [-0.3, -0.25) is 16.3 Å². The van der Waals surface area contributed by atoms with Gasteiger partial charge in [-0.15, -0.1) is 0 Å². The Kier molecular flexibility index (Phi) is 3.13. The molecule has 0 radical (unpaired) electrons. The van der Waals surface area contributed by atoms with Crippen LogP contribution in [0, 0.1) is 5.41 Å². The van der Waals surface area contributed by atoms with Crippen LogP contribution in [0.3, 0.4) is 0 Å². The Bertz CT molecular complexity index is 514. The van der Waals surface area contributed by atoms with E-state index in [0.717, 1.165) is 16.6 Å². The Balaban J connectivity index is 2.48. The normalized spacial score (nSPS) is 13.9. The van der Waals surface area contributed by atoms with Crippen molar-refractivity contribution in [3.63, 3.8) is 0 Å². The van der Waals surface area contributed by atoms with Gasteiger partial charge in [0.1, 0.15) is 0 Å². The highest BCUT2D eigenvalue weighted by Gasteiger charge is 2.26. The number of rotatable bonds is 2. The van der Waals surface area contributed by atoms with Gasteiger partial charge >= 0.3 is 0 Å². The number of para-hydroxylation sites is 1. The van der Waals surface area contributed by atoms with Gasteiger partial charge in [0.25, 0.3) is 0 Å². The fourth-order valence-corrected chi connectivity index (χ4v) is 2.02. The van der Waals surface area contributed by atoms with E-state index in [1.807, 2.05) is 24.3 Å². The first-order chi connectivity index (χ1) is 8.02. The van der Waals surface area contributed by atoms with Gasteiger partial charge in [-0.2, -0.15) is 0 Å². The van der Waals surface area contributed by atoms with Crippen molar-refractivity contribution in [2.24, 2.45) is 11.3 Å². The van der Waals surface area contributed by atoms with E-state index in [0.29, 0.717) is 0 Å². The lowest BCUT2D eigenvalue weighted by Gasteiger charge is -2.29. The van der Waals surface area contributed by atoms with Crippen molar-refractivity contribution in [2.45, 2.75) is 26.8 Å². The number of aromatic nitrogens is 1. The fourth-order valence-electron chi connectivity index (χ4n) is 2.02. The molecular weight excluding hydrogens is 210 g/mol. The number of hydrogen-bond donors (Lipinski definition) is 2. The molecule has 2 aromatic rings. The van der Waals surface area contributed by atoms with Gasteiger partial charge in [-0.1, -0.05) is 45.0 Å². The maximum atomic E-state index is 5.65. The van der Waals surface area contributed by atoms with Gasteiger partial charge in [-0.05, 0) is 17.5 Å². The van der Waals surface area contributed by atoms with E-state index in [2.05, 4.69) is 43.3 Å². The van der Waals surface area contributed by atoms with Crippen LogP contribution in [0.2, 0.25) is 0 Å². The van der Waals surface area contributed by atoms with Crippen LogP contribution >= 0.6 is 0 Å². The lowest BCUT2D eigenvalue weighted by Crippen LogP contribution is -2.37. The predicted molar refractivity (Wildman–Crippen MR) is 71.3 cm³/mol. The van der Waals surface area contributed by atoms with Gasteiger partial charge < -0.3 is 0 Å². The molecule has 3 heteroatoms. The first-order valence-corrected chi connectivity index (χ1v) is 5.84. The molecule has 1 atom stereocenters. The average molecular weight is 229 g/mol. The van der Waals surface area contributed by atoms with E-state index in [-0.39, 0.29) is 11.5 Å². The average Bonchev–Trinajstić information content (AvgIpc) is 2.28. The van der Waals surface area contributed by atoms with Crippen LogP contribution in [-0.4, -0.2) is 4.98 Å². The highest BCUT2D eigenvalue weighted by atomic mass is 15.2. The predicted octanol–water partition coefficient (Wildman–Crippen LogP) is 2.79. The quantitative estimate of drug-likeness (QED) is 0.615. The second-order valence-electron chi connectivity index (χ2n) is 5.39. The van der Waals surface area contributed by atoms with Crippen LogP contribution in [0.25, 0.3) is 10.9 Å². The molecule has 17 heavy (non-hydrogen) atoms. The first-order valence-electron chi connectivity index (χ1n) is 5.84. The minimum atomic E-state index is 0.0320. The Hall–Kier alpha value is -1.45. The molecule has 0 amide bonds. The van der Waals surface area contributed by atoms with Crippen molar-refractivity contribution in [1.29, 1.82) is 0 Å². The van der Waals surface area contributed by atoms with Gasteiger partial charge in [0, 0.05) is 5.39 Å². The summed E-state index contributed by atoms with van der Waals surface area (Å²) in [5.41, 5.74) is 4.89. The molecule has 90 valence electrons. The molecule has 0 aliphatic heterocycles. The molecule has 3 N–H and O–H groups in total. The second kappa shape index (κ2) is 4.43. The van der Waals surface area contributed by atoms with Crippen LogP contribution in [0.5, 0.6) is 0 Å². The summed E-state index contributed by atoms with van der Waals surface area (Å²) in [5.74, 6) is 5.65. The number of nitrogens with zero attached hydrogens (tertiary/aromatic N) is 1.